The molecule has 0 aromatic heterocycles. The van der Waals surface area contributed by atoms with Crippen molar-refractivity contribution in [2.75, 3.05) is 12.4 Å². The number of nitriles is 1. The summed E-state index contributed by atoms with van der Waals surface area (Å²) in [5.41, 5.74) is 2.86. The molecule has 4 aromatic carbocycles. The number of carbonyl (C=O) groups excluding carboxylic acids is 1. The van der Waals surface area contributed by atoms with Gasteiger partial charge in [0.25, 0.3) is 5.91 Å². The third-order valence-electron chi connectivity index (χ3n) is 5.66. The fourth-order valence-electron chi connectivity index (χ4n) is 3.54. The summed E-state index contributed by atoms with van der Waals surface area (Å²) in [5.74, 6) is 1.15. The number of nitrogens with one attached hydrogen (secondary N) is 1. The highest BCUT2D eigenvalue weighted by Crippen LogP contribution is 2.28. The molecule has 0 heterocycles. The van der Waals surface area contributed by atoms with E-state index in [-0.39, 0.29) is 5.57 Å². The Hall–Kier alpha value is -4.25. The average Bonchev–Trinajstić information content (AvgIpc) is 2.96. The molecule has 0 bridgehead atoms. The summed E-state index contributed by atoms with van der Waals surface area (Å²) in [6.45, 7) is 0.626. The van der Waals surface area contributed by atoms with Gasteiger partial charge in [0.05, 0.1) is 7.11 Å². The van der Waals surface area contributed by atoms with Crippen LogP contribution in [0.1, 0.15) is 16.7 Å². The summed E-state index contributed by atoms with van der Waals surface area (Å²) in [7, 11) is 1.56. The van der Waals surface area contributed by atoms with E-state index < -0.39 is 5.91 Å². The van der Waals surface area contributed by atoms with E-state index in [2.05, 4.69) is 21.2 Å². The molecule has 0 saturated heterocycles. The fraction of sp³-hybridized carbons (Fsp3) is 0.0968. The molecule has 1 amide bonds. The molecule has 0 radical (unpaired) electrons. The fourth-order valence-corrected chi connectivity index (χ4v) is 4.00. The predicted octanol–water partition coefficient (Wildman–Crippen LogP) is 7.81. The van der Waals surface area contributed by atoms with E-state index >= 15 is 0 Å². The van der Waals surface area contributed by atoms with Crippen LogP contribution in [0, 0.1) is 11.3 Å². The van der Waals surface area contributed by atoms with Gasteiger partial charge in [-0.25, -0.2) is 0 Å². The Morgan fingerprint density at radius 2 is 1.67 bits per heavy atom. The molecule has 1 N–H and O–H groups in total. The zero-order chi connectivity index (χ0) is 27.6. The number of benzene rings is 4. The Morgan fingerprint density at radius 3 is 2.36 bits per heavy atom. The summed E-state index contributed by atoms with van der Waals surface area (Å²) < 4.78 is 18.1. The number of hydrogen-bond acceptors (Lipinski definition) is 5. The first-order valence-electron chi connectivity index (χ1n) is 11.9. The lowest BCUT2D eigenvalue weighted by Crippen LogP contribution is -2.13. The smallest absolute Gasteiger partial charge is 0.266 e. The number of carbonyl (C=O) groups is 1. The summed E-state index contributed by atoms with van der Waals surface area (Å²) in [5, 5.41) is 13.1. The molecule has 0 fully saturated rings. The maximum atomic E-state index is 12.9. The first-order valence-corrected chi connectivity index (χ1v) is 13.1. The number of methoxy groups -OCH3 is 1. The number of anilines is 1. The molecule has 0 aliphatic rings. The van der Waals surface area contributed by atoms with Gasteiger partial charge in [0.1, 0.15) is 42.1 Å². The number of rotatable bonds is 10. The normalized spacial score (nSPS) is 10.9. The topological polar surface area (TPSA) is 80.6 Å². The van der Waals surface area contributed by atoms with Crippen molar-refractivity contribution in [1.29, 1.82) is 5.26 Å². The second-order valence-corrected chi connectivity index (χ2v) is 9.67. The summed E-state index contributed by atoms with van der Waals surface area (Å²) >= 11 is 9.60. The standard InChI is InChI=1S/C31H24BrClN2O4/c1-37-28-13-8-22(30(17-28)39-19-21-6-9-25(32)10-7-21)16-24(18-34)31(36)35-26-11-14-27(15-12-26)38-20-23-4-2-3-5-29(23)33/h2-17H,19-20H2,1H3,(H,35,36)/b24-16+. The molecule has 8 heteroatoms. The Labute approximate surface area is 240 Å². The molecule has 0 atom stereocenters. The number of amides is 1. The Bertz CT molecular complexity index is 1510. The third-order valence-corrected chi connectivity index (χ3v) is 6.55. The van der Waals surface area contributed by atoms with E-state index in [9.17, 15) is 10.1 Å². The second kappa shape index (κ2) is 13.5. The average molecular weight is 604 g/mol. The molecular formula is C31H24BrClN2O4. The van der Waals surface area contributed by atoms with E-state index in [4.69, 9.17) is 25.8 Å². The maximum Gasteiger partial charge on any atom is 0.266 e. The van der Waals surface area contributed by atoms with Crippen molar-refractivity contribution >= 4 is 45.2 Å². The van der Waals surface area contributed by atoms with Crippen LogP contribution in [0.3, 0.4) is 0 Å². The first kappa shape index (κ1) is 27.8. The summed E-state index contributed by atoms with van der Waals surface area (Å²) in [4.78, 5) is 12.9. The van der Waals surface area contributed by atoms with Crippen LogP contribution in [0.2, 0.25) is 5.02 Å². The summed E-state index contributed by atoms with van der Waals surface area (Å²) in [6.07, 6.45) is 1.49. The number of halogens is 2. The Kier molecular flexibility index (Phi) is 9.63. The molecule has 4 aromatic rings. The van der Waals surface area contributed by atoms with Gasteiger partial charge in [-0.3, -0.25) is 4.79 Å². The first-order chi connectivity index (χ1) is 18.9. The number of ether oxygens (including phenoxy) is 3. The van der Waals surface area contributed by atoms with Gasteiger partial charge in [-0.2, -0.15) is 5.26 Å². The second-order valence-electron chi connectivity index (χ2n) is 8.35. The van der Waals surface area contributed by atoms with Crippen LogP contribution in [0.5, 0.6) is 17.2 Å². The molecule has 6 nitrogen and oxygen atoms in total. The van der Waals surface area contributed by atoms with Crippen LogP contribution in [-0.2, 0) is 18.0 Å². The lowest BCUT2D eigenvalue weighted by Gasteiger charge is -2.12. The van der Waals surface area contributed by atoms with E-state index in [0.29, 0.717) is 46.7 Å². The summed E-state index contributed by atoms with van der Waals surface area (Å²) in [6, 6.07) is 29.3. The van der Waals surface area contributed by atoms with Gasteiger partial charge in [-0.05, 0) is 66.2 Å². The lowest BCUT2D eigenvalue weighted by molar-refractivity contribution is -0.112. The minimum Gasteiger partial charge on any atom is -0.497 e. The van der Waals surface area contributed by atoms with Crippen LogP contribution >= 0.6 is 27.5 Å². The number of hydrogen-bond donors (Lipinski definition) is 1. The van der Waals surface area contributed by atoms with Crippen LogP contribution in [0.25, 0.3) is 6.08 Å². The highest BCUT2D eigenvalue weighted by Gasteiger charge is 2.13. The van der Waals surface area contributed by atoms with E-state index in [1.807, 2.05) is 54.6 Å². The molecule has 0 aliphatic heterocycles. The molecular weight excluding hydrogens is 580 g/mol. The van der Waals surface area contributed by atoms with Crippen molar-refractivity contribution in [2.45, 2.75) is 13.2 Å². The number of nitrogens with zero attached hydrogens (tertiary/aromatic N) is 1. The van der Waals surface area contributed by atoms with Gasteiger partial charge in [-0.1, -0.05) is 57.9 Å². The Morgan fingerprint density at radius 1 is 0.949 bits per heavy atom. The van der Waals surface area contributed by atoms with Crippen LogP contribution < -0.4 is 19.5 Å². The highest BCUT2D eigenvalue weighted by atomic mass is 79.9. The van der Waals surface area contributed by atoms with Gasteiger partial charge >= 0.3 is 0 Å². The van der Waals surface area contributed by atoms with Crippen LogP contribution in [-0.4, -0.2) is 13.0 Å². The quantitative estimate of drug-likeness (QED) is 0.148. The molecule has 4 rings (SSSR count). The lowest BCUT2D eigenvalue weighted by atomic mass is 10.1. The molecule has 0 unspecified atom stereocenters. The van der Waals surface area contributed by atoms with Gasteiger partial charge < -0.3 is 19.5 Å². The van der Waals surface area contributed by atoms with Crippen molar-refractivity contribution in [2.24, 2.45) is 0 Å². The van der Waals surface area contributed by atoms with Crippen molar-refractivity contribution in [3.05, 3.63) is 123 Å². The maximum absolute atomic E-state index is 12.9. The van der Waals surface area contributed by atoms with Crippen LogP contribution in [0.4, 0.5) is 5.69 Å². The van der Waals surface area contributed by atoms with E-state index in [1.165, 1.54) is 6.08 Å². The van der Waals surface area contributed by atoms with Crippen molar-refractivity contribution in [1.82, 2.24) is 0 Å². The SMILES string of the molecule is COc1ccc(/C=C(\C#N)C(=O)Nc2ccc(OCc3ccccc3Cl)cc2)c(OCc2ccc(Br)cc2)c1. The predicted molar refractivity (Wildman–Crippen MR) is 156 cm³/mol. The van der Waals surface area contributed by atoms with Crippen LogP contribution in [0.15, 0.2) is 101 Å². The minimum absolute atomic E-state index is 0.0762. The van der Waals surface area contributed by atoms with Crippen molar-refractivity contribution < 1.29 is 19.0 Å². The minimum atomic E-state index is -0.545. The third kappa shape index (κ3) is 7.87. The highest BCUT2D eigenvalue weighted by molar-refractivity contribution is 9.10. The van der Waals surface area contributed by atoms with Gasteiger partial charge in [-0.15, -0.1) is 0 Å². The zero-order valence-electron chi connectivity index (χ0n) is 21.0. The molecule has 0 saturated carbocycles. The van der Waals surface area contributed by atoms with Gasteiger partial charge in [0.2, 0.25) is 0 Å². The largest absolute Gasteiger partial charge is 0.497 e. The van der Waals surface area contributed by atoms with E-state index in [1.54, 1.807) is 49.6 Å². The van der Waals surface area contributed by atoms with Crippen molar-refractivity contribution in [3.63, 3.8) is 0 Å². The molecule has 0 aliphatic carbocycles. The monoisotopic (exact) mass is 602 g/mol. The van der Waals surface area contributed by atoms with E-state index in [0.717, 1.165) is 15.6 Å². The molecule has 39 heavy (non-hydrogen) atoms. The molecule has 0 spiro atoms. The van der Waals surface area contributed by atoms with Gasteiger partial charge in [0.15, 0.2) is 0 Å². The van der Waals surface area contributed by atoms with Crippen molar-refractivity contribution in [3.8, 4) is 23.3 Å². The Balaban J connectivity index is 1.44. The molecule has 196 valence electrons. The zero-order valence-corrected chi connectivity index (χ0v) is 23.3. The van der Waals surface area contributed by atoms with Gasteiger partial charge in [0, 0.05) is 32.4 Å².